The lowest BCUT2D eigenvalue weighted by Crippen LogP contribution is -2.47. The molecule has 29 heavy (non-hydrogen) atoms. The summed E-state index contributed by atoms with van der Waals surface area (Å²) < 4.78 is 5.51. The lowest BCUT2D eigenvalue weighted by Gasteiger charge is -2.36. The molecule has 0 spiro atoms. The summed E-state index contributed by atoms with van der Waals surface area (Å²) in [6, 6.07) is 20.5. The topological polar surface area (TPSA) is 53.5 Å². The summed E-state index contributed by atoms with van der Waals surface area (Å²) in [5.74, 6) is 2.46. The Bertz CT molecular complexity index is 922. The lowest BCUT2D eigenvalue weighted by molar-refractivity contribution is 0.340. The fourth-order valence-electron chi connectivity index (χ4n) is 3.51. The van der Waals surface area contributed by atoms with Gasteiger partial charge in [-0.05, 0) is 50.2 Å². The van der Waals surface area contributed by atoms with E-state index in [4.69, 9.17) is 9.72 Å². The second-order valence-corrected chi connectivity index (χ2v) is 7.09. The van der Waals surface area contributed by atoms with Gasteiger partial charge in [-0.25, -0.2) is 4.98 Å². The third-order valence-electron chi connectivity index (χ3n) is 4.96. The Morgan fingerprint density at radius 1 is 0.897 bits per heavy atom. The average molecular weight is 390 g/mol. The summed E-state index contributed by atoms with van der Waals surface area (Å²) in [4.78, 5) is 14.1. The summed E-state index contributed by atoms with van der Waals surface area (Å²) in [5.41, 5.74) is 3.20. The third-order valence-corrected chi connectivity index (χ3v) is 4.96. The Labute approximate surface area is 172 Å². The van der Waals surface area contributed by atoms with Gasteiger partial charge in [-0.1, -0.05) is 18.2 Å². The molecule has 0 atom stereocenters. The summed E-state index contributed by atoms with van der Waals surface area (Å²) in [6.07, 6.45) is 0. The van der Waals surface area contributed by atoms with E-state index in [2.05, 4.69) is 50.4 Å². The van der Waals surface area contributed by atoms with Crippen LogP contribution in [0.2, 0.25) is 0 Å². The van der Waals surface area contributed by atoms with Crippen molar-refractivity contribution in [1.29, 1.82) is 0 Å². The Kier molecular flexibility index (Phi) is 5.79. The Hall–Kier alpha value is -3.28. The molecule has 2 heterocycles. The van der Waals surface area contributed by atoms with Gasteiger partial charge in [-0.15, -0.1) is 0 Å². The van der Waals surface area contributed by atoms with Gasteiger partial charge in [0.1, 0.15) is 11.6 Å². The molecule has 0 saturated carbocycles. The van der Waals surface area contributed by atoms with Crippen LogP contribution < -0.4 is 19.9 Å². The van der Waals surface area contributed by atoms with Gasteiger partial charge in [0, 0.05) is 49.3 Å². The zero-order valence-corrected chi connectivity index (χ0v) is 17.0. The molecule has 3 aromatic rings. The molecule has 1 aromatic heterocycles. The van der Waals surface area contributed by atoms with E-state index in [1.165, 1.54) is 5.69 Å². The number of para-hydroxylation sites is 1. The fraction of sp³-hybridized carbons (Fsp3) is 0.304. The van der Waals surface area contributed by atoms with Crippen LogP contribution in [-0.2, 0) is 0 Å². The van der Waals surface area contributed by atoms with E-state index in [0.717, 1.165) is 55.1 Å². The standard InChI is InChI=1S/C23H27N5O/c1-3-29-21-11-9-19(10-12-21)25-22-17-18(2)24-23(26-22)28-15-13-27(14-16-28)20-7-5-4-6-8-20/h4-12,17H,3,13-16H2,1-2H3,(H,24,25,26). The maximum absolute atomic E-state index is 5.51. The minimum atomic E-state index is 0.665. The van der Waals surface area contributed by atoms with Gasteiger partial charge in [-0.2, -0.15) is 4.98 Å². The number of aromatic nitrogens is 2. The Balaban J connectivity index is 1.43. The van der Waals surface area contributed by atoms with E-state index in [-0.39, 0.29) is 0 Å². The van der Waals surface area contributed by atoms with Crippen LogP contribution in [0.3, 0.4) is 0 Å². The number of nitrogens with zero attached hydrogens (tertiary/aromatic N) is 4. The first kappa shape index (κ1) is 19.1. The molecule has 0 radical (unpaired) electrons. The predicted octanol–water partition coefficient (Wildman–Crippen LogP) is 4.25. The van der Waals surface area contributed by atoms with Crippen molar-refractivity contribution in [2.45, 2.75) is 13.8 Å². The SMILES string of the molecule is CCOc1ccc(Nc2cc(C)nc(N3CCN(c4ccccc4)CC3)n2)cc1. The molecule has 150 valence electrons. The zero-order valence-electron chi connectivity index (χ0n) is 17.0. The molecular weight excluding hydrogens is 362 g/mol. The molecule has 1 aliphatic heterocycles. The fourth-order valence-corrected chi connectivity index (χ4v) is 3.51. The molecule has 0 aliphatic carbocycles. The summed E-state index contributed by atoms with van der Waals surface area (Å²) >= 11 is 0. The monoisotopic (exact) mass is 389 g/mol. The smallest absolute Gasteiger partial charge is 0.227 e. The summed E-state index contributed by atoms with van der Waals surface area (Å²) in [6.45, 7) is 8.39. The Morgan fingerprint density at radius 3 is 2.28 bits per heavy atom. The van der Waals surface area contributed by atoms with E-state index >= 15 is 0 Å². The van der Waals surface area contributed by atoms with Crippen molar-refractivity contribution in [2.24, 2.45) is 0 Å². The van der Waals surface area contributed by atoms with Gasteiger partial charge in [0.05, 0.1) is 6.61 Å². The highest BCUT2D eigenvalue weighted by molar-refractivity contribution is 5.59. The molecule has 0 amide bonds. The molecule has 0 unspecified atom stereocenters. The highest BCUT2D eigenvalue weighted by Gasteiger charge is 2.20. The molecule has 1 fully saturated rings. The van der Waals surface area contributed by atoms with Gasteiger partial charge in [0.15, 0.2) is 0 Å². The van der Waals surface area contributed by atoms with Crippen molar-refractivity contribution in [2.75, 3.05) is 47.9 Å². The lowest BCUT2D eigenvalue weighted by atomic mass is 10.2. The second-order valence-electron chi connectivity index (χ2n) is 7.09. The first-order valence-corrected chi connectivity index (χ1v) is 10.1. The number of anilines is 4. The van der Waals surface area contributed by atoms with E-state index in [1.807, 2.05) is 44.2 Å². The number of rotatable bonds is 6. The van der Waals surface area contributed by atoms with Crippen LogP contribution in [-0.4, -0.2) is 42.8 Å². The van der Waals surface area contributed by atoms with Crippen LogP contribution in [0.5, 0.6) is 5.75 Å². The average Bonchev–Trinajstić information content (AvgIpc) is 2.76. The van der Waals surface area contributed by atoms with Crippen LogP contribution in [0.15, 0.2) is 60.7 Å². The zero-order chi connectivity index (χ0) is 20.1. The molecule has 6 nitrogen and oxygen atoms in total. The highest BCUT2D eigenvalue weighted by Crippen LogP contribution is 2.23. The first-order valence-electron chi connectivity index (χ1n) is 10.1. The normalized spacial score (nSPS) is 14.0. The van der Waals surface area contributed by atoms with E-state index in [9.17, 15) is 0 Å². The number of ether oxygens (including phenoxy) is 1. The van der Waals surface area contributed by atoms with Gasteiger partial charge in [0.25, 0.3) is 0 Å². The molecule has 1 N–H and O–H groups in total. The number of hydrogen-bond donors (Lipinski definition) is 1. The van der Waals surface area contributed by atoms with Crippen LogP contribution in [0.1, 0.15) is 12.6 Å². The summed E-state index contributed by atoms with van der Waals surface area (Å²) in [7, 11) is 0. The molecule has 6 heteroatoms. The van der Waals surface area contributed by atoms with E-state index in [0.29, 0.717) is 6.61 Å². The predicted molar refractivity (Wildman–Crippen MR) is 119 cm³/mol. The van der Waals surface area contributed by atoms with Crippen LogP contribution in [0.4, 0.5) is 23.1 Å². The third kappa shape index (κ3) is 4.77. The van der Waals surface area contributed by atoms with E-state index in [1.54, 1.807) is 0 Å². The van der Waals surface area contributed by atoms with Gasteiger partial charge in [0.2, 0.25) is 5.95 Å². The van der Waals surface area contributed by atoms with Gasteiger partial charge >= 0.3 is 0 Å². The molecule has 0 bridgehead atoms. The molecular formula is C23H27N5O. The maximum Gasteiger partial charge on any atom is 0.227 e. The van der Waals surface area contributed by atoms with Crippen molar-refractivity contribution in [3.63, 3.8) is 0 Å². The van der Waals surface area contributed by atoms with Crippen molar-refractivity contribution in [3.05, 3.63) is 66.4 Å². The molecule has 1 aliphatic rings. The minimum absolute atomic E-state index is 0.665. The molecule has 1 saturated heterocycles. The van der Waals surface area contributed by atoms with Crippen LogP contribution in [0.25, 0.3) is 0 Å². The largest absolute Gasteiger partial charge is 0.494 e. The quantitative estimate of drug-likeness (QED) is 0.680. The number of nitrogens with one attached hydrogen (secondary N) is 1. The van der Waals surface area contributed by atoms with Gasteiger partial charge in [-0.3, -0.25) is 0 Å². The number of aryl methyl sites for hydroxylation is 1. The highest BCUT2D eigenvalue weighted by atomic mass is 16.5. The first-order chi connectivity index (χ1) is 14.2. The second kappa shape index (κ2) is 8.82. The van der Waals surface area contributed by atoms with Crippen LogP contribution in [0, 0.1) is 6.92 Å². The number of benzene rings is 2. The van der Waals surface area contributed by atoms with Crippen molar-refractivity contribution in [3.8, 4) is 5.75 Å². The molecule has 4 rings (SSSR count). The molecule has 2 aromatic carbocycles. The summed E-state index contributed by atoms with van der Waals surface area (Å²) in [5, 5.41) is 3.38. The minimum Gasteiger partial charge on any atom is -0.494 e. The van der Waals surface area contributed by atoms with Crippen molar-refractivity contribution < 1.29 is 4.74 Å². The van der Waals surface area contributed by atoms with Crippen molar-refractivity contribution >= 4 is 23.1 Å². The maximum atomic E-state index is 5.51. The van der Waals surface area contributed by atoms with Gasteiger partial charge < -0.3 is 19.9 Å². The van der Waals surface area contributed by atoms with E-state index < -0.39 is 0 Å². The Morgan fingerprint density at radius 2 is 1.59 bits per heavy atom. The number of hydrogen-bond acceptors (Lipinski definition) is 6. The van der Waals surface area contributed by atoms with Crippen molar-refractivity contribution in [1.82, 2.24) is 9.97 Å². The number of piperazine rings is 1. The van der Waals surface area contributed by atoms with Crippen LogP contribution >= 0.6 is 0 Å².